The summed E-state index contributed by atoms with van der Waals surface area (Å²) in [5.74, 6) is -0.0909. The molecular weight excluding hydrogens is 232 g/mol. The molecule has 3 nitrogen and oxygen atoms in total. The molecule has 1 saturated carbocycles. The third-order valence-corrected chi connectivity index (χ3v) is 4.15. The Morgan fingerprint density at radius 2 is 2.47 bits per heavy atom. The fourth-order valence-corrected chi connectivity index (χ4v) is 2.69. The van der Waals surface area contributed by atoms with E-state index in [1.807, 2.05) is 17.5 Å². The molecule has 0 aliphatic heterocycles. The summed E-state index contributed by atoms with van der Waals surface area (Å²) in [5.41, 5.74) is -0.719. The van der Waals surface area contributed by atoms with E-state index in [0.717, 1.165) is 12.8 Å². The van der Waals surface area contributed by atoms with Crippen molar-refractivity contribution in [2.45, 2.75) is 38.6 Å². The van der Waals surface area contributed by atoms with Gasteiger partial charge in [0.25, 0.3) is 0 Å². The Kier molecular flexibility index (Phi) is 3.49. The van der Waals surface area contributed by atoms with E-state index in [1.54, 1.807) is 11.3 Å². The minimum atomic E-state index is -0.719. The highest BCUT2D eigenvalue weighted by Crippen LogP contribution is 2.45. The maximum Gasteiger partial charge on any atom is 0.240 e. The topological polar surface area (TPSA) is 52.9 Å². The number of carbonyl (C=O) groups is 1. The van der Waals surface area contributed by atoms with Crippen LogP contribution in [0.25, 0.3) is 0 Å². The molecule has 1 aromatic heterocycles. The van der Waals surface area contributed by atoms with E-state index < -0.39 is 5.41 Å². The third-order valence-electron chi connectivity index (χ3n) is 3.17. The van der Waals surface area contributed by atoms with Gasteiger partial charge in [-0.15, -0.1) is 11.3 Å². The highest BCUT2D eigenvalue weighted by molar-refractivity contribution is 7.10. The van der Waals surface area contributed by atoms with Crippen LogP contribution in [0.1, 0.15) is 43.5 Å². The number of hydrogen-bond acceptors (Lipinski definition) is 3. The Bertz CT molecular complexity index is 429. The van der Waals surface area contributed by atoms with E-state index in [2.05, 4.69) is 18.3 Å². The van der Waals surface area contributed by atoms with Crippen LogP contribution in [0.4, 0.5) is 0 Å². The van der Waals surface area contributed by atoms with Crippen molar-refractivity contribution >= 4 is 17.2 Å². The second-order valence-electron chi connectivity index (χ2n) is 4.52. The highest BCUT2D eigenvalue weighted by atomic mass is 32.1. The van der Waals surface area contributed by atoms with Crippen molar-refractivity contribution in [2.75, 3.05) is 0 Å². The van der Waals surface area contributed by atoms with Crippen LogP contribution in [-0.4, -0.2) is 5.91 Å². The number of carbonyl (C=O) groups excluding carboxylic acids is 1. The van der Waals surface area contributed by atoms with Gasteiger partial charge in [-0.05, 0) is 30.7 Å². The predicted octanol–water partition coefficient (Wildman–Crippen LogP) is 3.01. The Labute approximate surface area is 105 Å². The van der Waals surface area contributed by atoms with Crippen molar-refractivity contribution in [3.05, 3.63) is 22.4 Å². The average molecular weight is 248 g/mol. The Hall–Kier alpha value is -1.34. The van der Waals surface area contributed by atoms with Crippen LogP contribution in [0.2, 0.25) is 0 Å². The van der Waals surface area contributed by atoms with Crippen LogP contribution in [0.15, 0.2) is 17.5 Å². The van der Waals surface area contributed by atoms with E-state index in [4.69, 9.17) is 5.26 Å². The molecule has 90 valence electrons. The molecule has 1 aromatic rings. The number of nitrogens with zero attached hydrogens (tertiary/aromatic N) is 1. The Balaban J connectivity index is 2.04. The van der Waals surface area contributed by atoms with E-state index >= 15 is 0 Å². The lowest BCUT2D eigenvalue weighted by molar-refractivity contribution is -0.125. The summed E-state index contributed by atoms with van der Waals surface area (Å²) >= 11 is 1.65. The number of rotatable bonds is 5. The van der Waals surface area contributed by atoms with Crippen LogP contribution < -0.4 is 5.32 Å². The molecule has 1 amide bonds. The van der Waals surface area contributed by atoms with Crippen molar-refractivity contribution in [2.24, 2.45) is 5.41 Å². The number of nitriles is 1. The largest absolute Gasteiger partial charge is 0.347 e. The van der Waals surface area contributed by atoms with Gasteiger partial charge >= 0.3 is 0 Å². The SMILES string of the molecule is CCCC(NC(=O)C1(C#N)CC1)c1cccs1. The lowest BCUT2D eigenvalue weighted by Crippen LogP contribution is -2.34. The Morgan fingerprint density at radius 3 is 2.94 bits per heavy atom. The molecule has 1 heterocycles. The monoisotopic (exact) mass is 248 g/mol. The smallest absolute Gasteiger partial charge is 0.240 e. The predicted molar refractivity (Wildman–Crippen MR) is 67.4 cm³/mol. The van der Waals surface area contributed by atoms with Gasteiger partial charge in [0.15, 0.2) is 0 Å². The number of thiophene rings is 1. The molecular formula is C13H16N2OS. The zero-order valence-electron chi connectivity index (χ0n) is 9.90. The summed E-state index contributed by atoms with van der Waals surface area (Å²) in [4.78, 5) is 13.2. The van der Waals surface area contributed by atoms with E-state index in [0.29, 0.717) is 12.8 Å². The standard InChI is InChI=1S/C13H16N2OS/c1-2-4-10(11-5-3-8-17-11)15-12(16)13(9-14)6-7-13/h3,5,8,10H,2,4,6-7H2,1H3,(H,15,16). The molecule has 0 spiro atoms. The molecule has 4 heteroatoms. The minimum absolute atomic E-state index is 0.0679. The van der Waals surface area contributed by atoms with Gasteiger partial charge in [-0.25, -0.2) is 0 Å². The maximum atomic E-state index is 12.0. The fourth-order valence-electron chi connectivity index (χ4n) is 1.87. The highest BCUT2D eigenvalue weighted by Gasteiger charge is 2.51. The zero-order valence-corrected chi connectivity index (χ0v) is 10.7. The van der Waals surface area contributed by atoms with E-state index in [1.165, 1.54) is 4.88 Å². The fraction of sp³-hybridized carbons (Fsp3) is 0.538. The summed E-state index contributed by atoms with van der Waals surface area (Å²) in [7, 11) is 0. The molecule has 0 aromatic carbocycles. The van der Waals surface area contributed by atoms with E-state index in [9.17, 15) is 4.79 Å². The zero-order chi connectivity index (χ0) is 12.3. The summed E-state index contributed by atoms with van der Waals surface area (Å²) in [6.45, 7) is 2.10. The minimum Gasteiger partial charge on any atom is -0.347 e. The lowest BCUT2D eigenvalue weighted by atomic mass is 10.1. The number of nitrogens with one attached hydrogen (secondary N) is 1. The van der Waals surface area contributed by atoms with Crippen LogP contribution in [-0.2, 0) is 4.79 Å². The van der Waals surface area contributed by atoms with Gasteiger partial charge in [0.1, 0.15) is 5.41 Å². The van der Waals surface area contributed by atoms with Crippen LogP contribution in [0.3, 0.4) is 0 Å². The summed E-state index contributed by atoms with van der Waals surface area (Å²) in [6.07, 6.45) is 3.35. The van der Waals surface area contributed by atoms with Crippen molar-refractivity contribution in [1.29, 1.82) is 5.26 Å². The molecule has 2 rings (SSSR count). The van der Waals surface area contributed by atoms with Crippen molar-refractivity contribution < 1.29 is 4.79 Å². The van der Waals surface area contributed by atoms with Gasteiger partial charge in [-0.2, -0.15) is 5.26 Å². The molecule has 1 unspecified atom stereocenters. The van der Waals surface area contributed by atoms with Crippen molar-refractivity contribution in [1.82, 2.24) is 5.32 Å². The summed E-state index contributed by atoms with van der Waals surface area (Å²) < 4.78 is 0. The van der Waals surface area contributed by atoms with Gasteiger partial charge < -0.3 is 5.32 Å². The third kappa shape index (κ3) is 2.50. The quantitative estimate of drug-likeness (QED) is 0.870. The number of amides is 1. The van der Waals surface area contributed by atoms with Gasteiger partial charge in [-0.3, -0.25) is 4.79 Å². The molecule has 0 radical (unpaired) electrons. The van der Waals surface area contributed by atoms with Gasteiger partial charge in [0.2, 0.25) is 5.91 Å². The summed E-state index contributed by atoms with van der Waals surface area (Å²) in [5, 5.41) is 14.0. The first-order chi connectivity index (χ1) is 8.22. The molecule has 1 N–H and O–H groups in total. The van der Waals surface area contributed by atoms with Crippen LogP contribution >= 0.6 is 11.3 Å². The first-order valence-corrected chi connectivity index (χ1v) is 6.85. The molecule has 1 aliphatic carbocycles. The first kappa shape index (κ1) is 12.1. The lowest BCUT2D eigenvalue weighted by Gasteiger charge is -2.18. The van der Waals surface area contributed by atoms with Crippen molar-refractivity contribution in [3.63, 3.8) is 0 Å². The molecule has 1 aliphatic rings. The average Bonchev–Trinajstić information content (AvgIpc) is 2.95. The summed E-state index contributed by atoms with van der Waals surface area (Å²) in [6, 6.07) is 6.24. The van der Waals surface area contributed by atoms with Crippen LogP contribution in [0.5, 0.6) is 0 Å². The second-order valence-corrected chi connectivity index (χ2v) is 5.50. The molecule has 0 saturated heterocycles. The second kappa shape index (κ2) is 4.89. The van der Waals surface area contributed by atoms with Crippen molar-refractivity contribution in [3.8, 4) is 6.07 Å². The maximum absolute atomic E-state index is 12.0. The van der Waals surface area contributed by atoms with Gasteiger partial charge in [0.05, 0.1) is 12.1 Å². The molecule has 0 bridgehead atoms. The first-order valence-electron chi connectivity index (χ1n) is 5.97. The van der Waals surface area contributed by atoms with Crippen LogP contribution in [0, 0.1) is 16.7 Å². The molecule has 17 heavy (non-hydrogen) atoms. The normalized spacial score (nSPS) is 18.1. The van der Waals surface area contributed by atoms with E-state index in [-0.39, 0.29) is 11.9 Å². The number of hydrogen-bond donors (Lipinski definition) is 1. The molecule has 1 atom stereocenters. The Morgan fingerprint density at radius 1 is 1.71 bits per heavy atom. The molecule has 1 fully saturated rings. The van der Waals surface area contributed by atoms with Gasteiger partial charge in [-0.1, -0.05) is 19.4 Å². The van der Waals surface area contributed by atoms with Gasteiger partial charge in [0, 0.05) is 4.88 Å².